The second-order valence-corrected chi connectivity index (χ2v) is 5.10. The zero-order chi connectivity index (χ0) is 13.4. The highest BCUT2D eigenvalue weighted by Gasteiger charge is 2.47. The van der Waals surface area contributed by atoms with E-state index in [-0.39, 0.29) is 0 Å². The van der Waals surface area contributed by atoms with Crippen LogP contribution in [0.5, 0.6) is 0 Å². The van der Waals surface area contributed by atoms with Crippen LogP contribution in [0.3, 0.4) is 0 Å². The molecular weight excluding hydrogens is 248 g/mol. The summed E-state index contributed by atoms with van der Waals surface area (Å²) in [6.45, 7) is 1.61. The molecule has 0 amide bonds. The van der Waals surface area contributed by atoms with Crippen LogP contribution in [-0.2, 0) is 10.5 Å². The largest absolute Gasteiger partial charge is 0.349 e. The van der Waals surface area contributed by atoms with Crippen molar-refractivity contribution in [3.05, 3.63) is 77.9 Å². The smallest absolute Gasteiger partial charge is 0.185 e. The molecule has 1 saturated heterocycles. The van der Waals surface area contributed by atoms with E-state index in [2.05, 4.69) is 65.0 Å². The van der Waals surface area contributed by atoms with Gasteiger partial charge < -0.3 is 10.2 Å². The molecule has 2 aromatic carbocycles. The maximum Gasteiger partial charge on any atom is 0.185 e. The normalized spacial score (nSPS) is 25.1. The molecule has 100 valence electrons. The number of hydrazine groups is 1. The van der Waals surface area contributed by atoms with Crippen molar-refractivity contribution >= 4 is 5.70 Å². The summed E-state index contributed by atoms with van der Waals surface area (Å²) in [5.41, 5.74) is 6.46. The zero-order valence-corrected chi connectivity index (χ0v) is 11.1. The molecule has 2 heterocycles. The summed E-state index contributed by atoms with van der Waals surface area (Å²) >= 11 is 0. The molecule has 0 radical (unpaired) electrons. The molecule has 4 rings (SSSR count). The van der Waals surface area contributed by atoms with Gasteiger partial charge in [-0.1, -0.05) is 60.7 Å². The SMILES string of the molecule is C1=C(c2ccccc2)NN2CCO[C@]12c1ccccc1. The van der Waals surface area contributed by atoms with Gasteiger partial charge in [0.25, 0.3) is 0 Å². The van der Waals surface area contributed by atoms with Gasteiger partial charge in [-0.05, 0) is 11.6 Å². The van der Waals surface area contributed by atoms with Crippen LogP contribution in [0.2, 0.25) is 0 Å². The van der Waals surface area contributed by atoms with Gasteiger partial charge in [0, 0.05) is 12.1 Å². The minimum Gasteiger partial charge on any atom is -0.349 e. The third-order valence-electron chi connectivity index (χ3n) is 3.91. The fourth-order valence-corrected chi connectivity index (χ4v) is 2.93. The van der Waals surface area contributed by atoms with E-state index in [9.17, 15) is 0 Å². The molecule has 0 saturated carbocycles. The molecule has 3 heteroatoms. The Hall–Kier alpha value is -2.10. The molecular formula is C17H16N2O. The number of benzene rings is 2. The number of rotatable bonds is 2. The van der Waals surface area contributed by atoms with Gasteiger partial charge >= 0.3 is 0 Å². The lowest BCUT2D eigenvalue weighted by Gasteiger charge is -2.29. The maximum atomic E-state index is 6.09. The van der Waals surface area contributed by atoms with Crippen molar-refractivity contribution in [2.24, 2.45) is 0 Å². The van der Waals surface area contributed by atoms with Crippen LogP contribution < -0.4 is 5.43 Å². The van der Waals surface area contributed by atoms with E-state index in [0.717, 1.165) is 24.4 Å². The van der Waals surface area contributed by atoms with Gasteiger partial charge in [0.05, 0.1) is 12.3 Å². The first-order valence-electron chi connectivity index (χ1n) is 6.90. The molecule has 2 aliphatic heterocycles. The number of ether oxygens (including phenoxy) is 1. The van der Waals surface area contributed by atoms with E-state index >= 15 is 0 Å². The molecule has 1 atom stereocenters. The number of nitrogens with zero attached hydrogens (tertiary/aromatic N) is 1. The highest BCUT2D eigenvalue weighted by atomic mass is 16.5. The summed E-state index contributed by atoms with van der Waals surface area (Å²) in [6.07, 6.45) is 2.19. The van der Waals surface area contributed by atoms with Crippen LogP contribution in [0.1, 0.15) is 11.1 Å². The lowest BCUT2D eigenvalue weighted by atomic mass is 10.0. The van der Waals surface area contributed by atoms with Gasteiger partial charge in [0.1, 0.15) is 0 Å². The van der Waals surface area contributed by atoms with Crippen molar-refractivity contribution in [2.45, 2.75) is 5.72 Å². The maximum absolute atomic E-state index is 6.09. The van der Waals surface area contributed by atoms with Crippen LogP contribution >= 0.6 is 0 Å². The predicted octanol–water partition coefficient (Wildman–Crippen LogP) is 2.73. The van der Waals surface area contributed by atoms with Crippen LogP contribution in [-0.4, -0.2) is 18.2 Å². The Kier molecular flexibility index (Phi) is 2.62. The van der Waals surface area contributed by atoms with E-state index in [0.29, 0.717) is 0 Å². The second-order valence-electron chi connectivity index (χ2n) is 5.10. The van der Waals surface area contributed by atoms with Gasteiger partial charge in [-0.25, -0.2) is 0 Å². The standard InChI is InChI=1S/C17H16N2O/c1-3-7-14(8-4-1)16-13-17(15-9-5-2-6-10-15)19(18-16)11-12-20-17/h1-10,13,18H,11-12H2/t17-/m0/s1. The van der Waals surface area contributed by atoms with Crippen molar-refractivity contribution in [3.8, 4) is 0 Å². The first-order chi connectivity index (χ1) is 9.88. The lowest BCUT2D eigenvalue weighted by molar-refractivity contribution is -0.0479. The number of hydrogen-bond donors (Lipinski definition) is 1. The molecule has 1 N–H and O–H groups in total. The average Bonchev–Trinajstić information content (AvgIpc) is 3.07. The molecule has 3 nitrogen and oxygen atoms in total. The molecule has 0 aliphatic carbocycles. The molecule has 20 heavy (non-hydrogen) atoms. The summed E-state index contributed by atoms with van der Waals surface area (Å²) in [5, 5.41) is 2.17. The van der Waals surface area contributed by atoms with Crippen molar-refractivity contribution in [1.82, 2.24) is 10.4 Å². The topological polar surface area (TPSA) is 24.5 Å². The fraction of sp³-hybridized carbons (Fsp3) is 0.176. The Morgan fingerprint density at radius 1 is 0.950 bits per heavy atom. The summed E-state index contributed by atoms with van der Waals surface area (Å²) in [4.78, 5) is 0. The Bertz CT molecular complexity index is 639. The van der Waals surface area contributed by atoms with Crippen LogP contribution in [0.4, 0.5) is 0 Å². The molecule has 2 aromatic rings. The Morgan fingerprint density at radius 3 is 2.40 bits per heavy atom. The Morgan fingerprint density at radius 2 is 1.65 bits per heavy atom. The highest BCUT2D eigenvalue weighted by Crippen LogP contribution is 2.41. The first kappa shape index (κ1) is 11.7. The molecule has 0 bridgehead atoms. The Labute approximate surface area is 118 Å². The van der Waals surface area contributed by atoms with E-state index in [4.69, 9.17) is 4.74 Å². The van der Waals surface area contributed by atoms with Crippen molar-refractivity contribution in [3.63, 3.8) is 0 Å². The van der Waals surface area contributed by atoms with Crippen molar-refractivity contribution in [2.75, 3.05) is 13.2 Å². The van der Waals surface area contributed by atoms with Gasteiger partial charge in [-0.3, -0.25) is 0 Å². The fourth-order valence-electron chi connectivity index (χ4n) is 2.93. The average molecular weight is 264 g/mol. The quantitative estimate of drug-likeness (QED) is 0.902. The summed E-state index contributed by atoms with van der Waals surface area (Å²) in [7, 11) is 0. The van der Waals surface area contributed by atoms with E-state index in [1.807, 2.05) is 12.1 Å². The van der Waals surface area contributed by atoms with Crippen LogP contribution in [0.25, 0.3) is 5.70 Å². The Balaban J connectivity index is 1.80. The molecule has 0 aromatic heterocycles. The first-order valence-corrected chi connectivity index (χ1v) is 6.90. The highest BCUT2D eigenvalue weighted by molar-refractivity contribution is 5.67. The molecule has 1 fully saturated rings. The third-order valence-corrected chi connectivity index (χ3v) is 3.91. The van der Waals surface area contributed by atoms with Crippen molar-refractivity contribution in [1.29, 1.82) is 0 Å². The van der Waals surface area contributed by atoms with E-state index in [1.165, 1.54) is 5.56 Å². The van der Waals surface area contributed by atoms with Crippen molar-refractivity contribution < 1.29 is 4.74 Å². The monoisotopic (exact) mass is 264 g/mol. The van der Waals surface area contributed by atoms with Gasteiger partial charge in [-0.15, -0.1) is 0 Å². The summed E-state index contributed by atoms with van der Waals surface area (Å²) in [6, 6.07) is 20.7. The minimum absolute atomic E-state index is 0.466. The minimum atomic E-state index is -0.466. The van der Waals surface area contributed by atoms with Gasteiger partial charge in [-0.2, -0.15) is 5.01 Å². The number of hydrogen-bond acceptors (Lipinski definition) is 3. The second kappa shape index (κ2) is 4.47. The van der Waals surface area contributed by atoms with Gasteiger partial charge in [0.15, 0.2) is 5.72 Å². The number of fused-ring (bicyclic) bond motifs is 1. The zero-order valence-electron chi connectivity index (χ0n) is 11.1. The van der Waals surface area contributed by atoms with Gasteiger partial charge in [0.2, 0.25) is 0 Å². The van der Waals surface area contributed by atoms with Crippen LogP contribution in [0.15, 0.2) is 66.7 Å². The summed E-state index contributed by atoms with van der Waals surface area (Å²) in [5.74, 6) is 0. The van der Waals surface area contributed by atoms with Crippen LogP contribution in [0, 0.1) is 0 Å². The predicted molar refractivity (Wildman–Crippen MR) is 78.3 cm³/mol. The third kappa shape index (κ3) is 1.68. The summed E-state index contributed by atoms with van der Waals surface area (Å²) < 4.78 is 6.09. The lowest BCUT2D eigenvalue weighted by Crippen LogP contribution is -2.42. The van der Waals surface area contributed by atoms with E-state index < -0.39 is 5.72 Å². The molecule has 0 spiro atoms. The molecule has 2 aliphatic rings. The molecule has 0 unspecified atom stereocenters. The number of nitrogens with one attached hydrogen (secondary N) is 1. The van der Waals surface area contributed by atoms with E-state index in [1.54, 1.807) is 0 Å².